The van der Waals surface area contributed by atoms with Gasteiger partial charge in [-0.25, -0.2) is 0 Å². The smallest absolute Gasteiger partial charge is 0.251 e. The van der Waals surface area contributed by atoms with Gasteiger partial charge in [0.1, 0.15) is 0 Å². The van der Waals surface area contributed by atoms with Crippen molar-refractivity contribution in [2.75, 3.05) is 39.4 Å². The number of hydrogen-bond donors (Lipinski definition) is 2. The van der Waals surface area contributed by atoms with Gasteiger partial charge in [0.2, 0.25) is 5.91 Å². The molecule has 7 nitrogen and oxygen atoms in total. The van der Waals surface area contributed by atoms with E-state index in [1.54, 1.807) is 18.2 Å². The third-order valence-electron chi connectivity index (χ3n) is 5.23. The van der Waals surface area contributed by atoms with Gasteiger partial charge in [0.25, 0.3) is 5.91 Å². The van der Waals surface area contributed by atoms with Gasteiger partial charge in [-0.1, -0.05) is 43.6 Å². The molecule has 0 bridgehead atoms. The number of rotatable bonds is 13. The summed E-state index contributed by atoms with van der Waals surface area (Å²) in [5.41, 5.74) is 1.36. The lowest BCUT2D eigenvalue weighted by Crippen LogP contribution is -2.42. The maximum Gasteiger partial charge on any atom is 0.251 e. The number of carbonyl (C=O) groups is 2. The zero-order chi connectivity index (χ0) is 24.2. The molecule has 2 amide bonds. The van der Waals surface area contributed by atoms with E-state index >= 15 is 0 Å². The zero-order valence-corrected chi connectivity index (χ0v) is 20.6. The summed E-state index contributed by atoms with van der Waals surface area (Å²) in [7, 11) is 0. The van der Waals surface area contributed by atoms with Gasteiger partial charge >= 0.3 is 0 Å². The largest absolute Gasteiger partial charge is 0.490 e. The van der Waals surface area contributed by atoms with Crippen LogP contribution in [0.4, 0.5) is 0 Å². The number of hydrogen-bond acceptors (Lipinski definition) is 5. The minimum absolute atomic E-state index is 0.0618. The normalized spacial score (nSPS) is 11.7. The Morgan fingerprint density at radius 3 is 2.24 bits per heavy atom. The fourth-order valence-corrected chi connectivity index (χ4v) is 3.84. The Labute approximate surface area is 201 Å². The molecule has 1 unspecified atom stereocenters. The second kappa shape index (κ2) is 13.7. The standard InChI is InChI=1S/C25H34ClN3O4/c1-5-29(6-2)21(19-11-9-10-12-20(19)26)16-27-24(30)17-28-25(31)18-13-14-22(32-7-3)23(15-18)33-8-4/h9-15,21H,5-8,16-17H2,1-4H3,(H,27,30)(H,28,31). The number of nitrogens with one attached hydrogen (secondary N) is 2. The van der Waals surface area contributed by atoms with E-state index in [1.807, 2.05) is 38.1 Å². The Kier molecular flexibility index (Phi) is 11.0. The van der Waals surface area contributed by atoms with Crippen LogP contribution >= 0.6 is 11.6 Å². The van der Waals surface area contributed by atoms with E-state index in [0.29, 0.717) is 41.8 Å². The van der Waals surface area contributed by atoms with E-state index < -0.39 is 0 Å². The van der Waals surface area contributed by atoms with Crippen LogP contribution in [0.15, 0.2) is 42.5 Å². The van der Waals surface area contributed by atoms with E-state index in [0.717, 1.165) is 18.7 Å². The Hall–Kier alpha value is -2.77. The second-order valence-electron chi connectivity index (χ2n) is 7.27. The molecule has 2 aromatic rings. The molecule has 0 aliphatic rings. The molecule has 2 N–H and O–H groups in total. The summed E-state index contributed by atoms with van der Waals surface area (Å²) in [6.07, 6.45) is 0. The van der Waals surface area contributed by atoms with Crippen molar-refractivity contribution in [2.24, 2.45) is 0 Å². The Morgan fingerprint density at radius 1 is 0.939 bits per heavy atom. The molecule has 2 aromatic carbocycles. The van der Waals surface area contributed by atoms with Gasteiger partial charge < -0.3 is 20.1 Å². The van der Waals surface area contributed by atoms with E-state index in [9.17, 15) is 9.59 Å². The molecule has 0 saturated carbocycles. The zero-order valence-electron chi connectivity index (χ0n) is 19.8. The average Bonchev–Trinajstić information content (AvgIpc) is 2.82. The molecule has 0 saturated heterocycles. The van der Waals surface area contributed by atoms with Crippen molar-refractivity contribution in [1.82, 2.24) is 15.5 Å². The summed E-state index contributed by atoms with van der Waals surface area (Å²) in [6, 6.07) is 12.5. The van der Waals surface area contributed by atoms with Crippen molar-refractivity contribution in [1.29, 1.82) is 0 Å². The van der Waals surface area contributed by atoms with Gasteiger partial charge in [0.15, 0.2) is 11.5 Å². The van der Waals surface area contributed by atoms with Gasteiger partial charge in [-0.3, -0.25) is 14.5 Å². The molecule has 180 valence electrons. The van der Waals surface area contributed by atoms with Crippen molar-refractivity contribution in [3.05, 3.63) is 58.6 Å². The predicted octanol–water partition coefficient (Wildman–Crippen LogP) is 4.07. The third-order valence-corrected chi connectivity index (χ3v) is 5.57. The molecule has 0 spiro atoms. The van der Waals surface area contributed by atoms with E-state index in [1.165, 1.54) is 0 Å². The van der Waals surface area contributed by atoms with Crippen LogP contribution in [0.25, 0.3) is 0 Å². The van der Waals surface area contributed by atoms with E-state index in [2.05, 4.69) is 29.4 Å². The highest BCUT2D eigenvalue weighted by atomic mass is 35.5. The Balaban J connectivity index is 1.99. The lowest BCUT2D eigenvalue weighted by molar-refractivity contribution is -0.120. The quantitative estimate of drug-likeness (QED) is 0.456. The highest BCUT2D eigenvalue weighted by Gasteiger charge is 2.21. The van der Waals surface area contributed by atoms with Crippen LogP contribution in [-0.2, 0) is 4.79 Å². The molecule has 0 aromatic heterocycles. The maximum absolute atomic E-state index is 12.6. The summed E-state index contributed by atoms with van der Waals surface area (Å²) >= 11 is 6.41. The van der Waals surface area contributed by atoms with Gasteiger partial charge in [-0.2, -0.15) is 0 Å². The van der Waals surface area contributed by atoms with Crippen molar-refractivity contribution in [2.45, 2.75) is 33.7 Å². The van der Waals surface area contributed by atoms with Crippen LogP contribution in [0.1, 0.15) is 49.7 Å². The van der Waals surface area contributed by atoms with Gasteiger partial charge in [-0.15, -0.1) is 0 Å². The van der Waals surface area contributed by atoms with Crippen molar-refractivity contribution in [3.8, 4) is 11.5 Å². The van der Waals surface area contributed by atoms with Crippen LogP contribution in [0.5, 0.6) is 11.5 Å². The van der Waals surface area contributed by atoms with Crippen molar-refractivity contribution < 1.29 is 19.1 Å². The first-order chi connectivity index (χ1) is 15.9. The lowest BCUT2D eigenvalue weighted by Gasteiger charge is -2.31. The number of likely N-dealkylation sites (N-methyl/N-ethyl adjacent to an activating group) is 1. The molecule has 33 heavy (non-hydrogen) atoms. The second-order valence-corrected chi connectivity index (χ2v) is 7.68. The summed E-state index contributed by atoms with van der Waals surface area (Å²) in [4.78, 5) is 27.3. The van der Waals surface area contributed by atoms with E-state index in [-0.39, 0.29) is 24.4 Å². The molecule has 1 atom stereocenters. The maximum atomic E-state index is 12.6. The topological polar surface area (TPSA) is 79.9 Å². The molecule has 0 heterocycles. The predicted molar refractivity (Wildman–Crippen MR) is 131 cm³/mol. The summed E-state index contributed by atoms with van der Waals surface area (Å²) in [5, 5.41) is 6.25. The molecule has 0 aliphatic carbocycles. The van der Waals surface area contributed by atoms with Crippen LogP contribution in [0.2, 0.25) is 5.02 Å². The summed E-state index contributed by atoms with van der Waals surface area (Å²) < 4.78 is 11.1. The number of amides is 2. The molecule has 0 aliphatic heterocycles. The van der Waals surface area contributed by atoms with Crippen LogP contribution in [-0.4, -0.2) is 56.1 Å². The lowest BCUT2D eigenvalue weighted by atomic mass is 10.0. The first kappa shape index (κ1) is 26.5. The van der Waals surface area contributed by atoms with Crippen LogP contribution in [0, 0.1) is 0 Å². The average molecular weight is 476 g/mol. The minimum atomic E-state index is -0.361. The number of nitrogens with zero attached hydrogens (tertiary/aromatic N) is 1. The molecule has 0 fully saturated rings. The van der Waals surface area contributed by atoms with Gasteiger partial charge in [0.05, 0.1) is 25.8 Å². The first-order valence-corrected chi connectivity index (χ1v) is 11.8. The Morgan fingerprint density at radius 2 is 1.61 bits per heavy atom. The number of halogens is 1. The van der Waals surface area contributed by atoms with Crippen molar-refractivity contribution in [3.63, 3.8) is 0 Å². The Bertz CT molecular complexity index is 918. The van der Waals surface area contributed by atoms with Gasteiger partial charge in [-0.05, 0) is 56.8 Å². The number of carbonyl (C=O) groups excluding carboxylic acids is 2. The summed E-state index contributed by atoms with van der Waals surface area (Å²) in [5.74, 6) is 0.443. The number of ether oxygens (including phenoxy) is 2. The number of benzene rings is 2. The highest BCUT2D eigenvalue weighted by Crippen LogP contribution is 2.29. The fraction of sp³-hybridized carbons (Fsp3) is 0.440. The first-order valence-electron chi connectivity index (χ1n) is 11.4. The van der Waals surface area contributed by atoms with Crippen LogP contribution < -0.4 is 20.1 Å². The monoisotopic (exact) mass is 475 g/mol. The third kappa shape index (κ3) is 7.65. The fourth-order valence-electron chi connectivity index (χ4n) is 3.57. The molecule has 0 radical (unpaired) electrons. The van der Waals surface area contributed by atoms with Crippen molar-refractivity contribution >= 4 is 23.4 Å². The van der Waals surface area contributed by atoms with E-state index in [4.69, 9.17) is 21.1 Å². The van der Waals surface area contributed by atoms with Gasteiger partial charge in [0, 0.05) is 17.1 Å². The molecular formula is C25H34ClN3O4. The SMILES string of the molecule is CCOc1ccc(C(=O)NCC(=O)NCC(c2ccccc2Cl)N(CC)CC)cc1OCC. The molecular weight excluding hydrogens is 442 g/mol. The summed E-state index contributed by atoms with van der Waals surface area (Å²) in [6.45, 7) is 10.7. The molecule has 2 rings (SSSR count). The molecule has 8 heteroatoms. The minimum Gasteiger partial charge on any atom is -0.490 e. The highest BCUT2D eigenvalue weighted by molar-refractivity contribution is 6.31. The van der Waals surface area contributed by atoms with Crippen LogP contribution in [0.3, 0.4) is 0 Å².